The predicted octanol–water partition coefficient (Wildman–Crippen LogP) is 2.09. The molecule has 2 aromatic heterocycles. The number of carbonyl (C=O) groups is 1. The first-order chi connectivity index (χ1) is 7.29. The van der Waals surface area contributed by atoms with Gasteiger partial charge >= 0.3 is 0 Å². The lowest BCUT2D eigenvalue weighted by atomic mass is 10.2. The molecule has 5 heteroatoms. The van der Waals surface area contributed by atoms with Gasteiger partial charge in [-0.05, 0) is 11.4 Å². The largest absolute Gasteiger partial charge is 0.325 e. The summed E-state index contributed by atoms with van der Waals surface area (Å²) in [7, 11) is 0. The van der Waals surface area contributed by atoms with Crippen LogP contribution >= 0.6 is 22.7 Å². The molecule has 0 saturated heterocycles. The Bertz CT molecular complexity index is 448. The highest BCUT2D eigenvalue weighted by molar-refractivity contribution is 7.10. The second kappa shape index (κ2) is 4.65. The fraction of sp³-hybridized carbons (Fsp3) is 0.200. The predicted molar refractivity (Wildman–Crippen MR) is 62.4 cm³/mol. The van der Waals surface area contributed by atoms with Crippen molar-refractivity contribution in [3.8, 4) is 0 Å². The van der Waals surface area contributed by atoms with Crippen LogP contribution in [0.1, 0.15) is 20.4 Å². The minimum absolute atomic E-state index is 0.0633. The molecule has 2 heterocycles. The number of carbonyl (C=O) groups excluding carboxylic acids is 1. The Labute approximate surface area is 95.6 Å². The molecule has 15 heavy (non-hydrogen) atoms. The third kappa shape index (κ3) is 2.50. The van der Waals surface area contributed by atoms with Gasteiger partial charge in [-0.1, -0.05) is 6.07 Å². The first-order valence-corrected chi connectivity index (χ1v) is 6.25. The van der Waals surface area contributed by atoms with Gasteiger partial charge < -0.3 is 5.73 Å². The molecule has 0 aliphatic carbocycles. The Kier molecular flexibility index (Phi) is 3.25. The summed E-state index contributed by atoms with van der Waals surface area (Å²) in [5, 5.41) is 4.55. The van der Waals surface area contributed by atoms with E-state index in [4.69, 9.17) is 5.73 Å². The van der Waals surface area contributed by atoms with Crippen molar-refractivity contribution in [2.75, 3.05) is 0 Å². The summed E-state index contributed by atoms with van der Waals surface area (Å²) in [6, 6.07) is 3.90. The molecular formula is C10H10N2OS2. The van der Waals surface area contributed by atoms with E-state index in [9.17, 15) is 4.79 Å². The van der Waals surface area contributed by atoms with Crippen LogP contribution in [0.4, 0.5) is 0 Å². The van der Waals surface area contributed by atoms with Crippen molar-refractivity contribution in [1.29, 1.82) is 0 Å². The van der Waals surface area contributed by atoms with Gasteiger partial charge in [-0.15, -0.1) is 22.7 Å². The standard InChI is InChI=1S/C10H10N2OS2/c11-5-10-12-8(6-15-10)9(13)4-7-2-1-3-14-7/h1-3,6H,4-5,11H2. The van der Waals surface area contributed by atoms with Crippen LogP contribution in [0, 0.1) is 0 Å². The van der Waals surface area contributed by atoms with Crippen molar-refractivity contribution in [2.24, 2.45) is 5.73 Å². The topological polar surface area (TPSA) is 56.0 Å². The van der Waals surface area contributed by atoms with Gasteiger partial charge in [-0.3, -0.25) is 4.79 Å². The zero-order valence-electron chi connectivity index (χ0n) is 7.97. The van der Waals surface area contributed by atoms with E-state index in [1.807, 2.05) is 17.5 Å². The van der Waals surface area contributed by atoms with Gasteiger partial charge in [0.05, 0.1) is 0 Å². The maximum atomic E-state index is 11.8. The van der Waals surface area contributed by atoms with Crippen molar-refractivity contribution in [1.82, 2.24) is 4.98 Å². The van der Waals surface area contributed by atoms with Crippen molar-refractivity contribution in [3.05, 3.63) is 38.5 Å². The number of ketones is 1. The van der Waals surface area contributed by atoms with Crippen LogP contribution in [0.15, 0.2) is 22.9 Å². The highest BCUT2D eigenvalue weighted by Gasteiger charge is 2.11. The smallest absolute Gasteiger partial charge is 0.187 e. The number of Topliss-reactive ketones (excluding diaryl/α,β-unsaturated/α-hetero) is 1. The summed E-state index contributed by atoms with van der Waals surface area (Å²) < 4.78 is 0. The molecule has 0 fully saturated rings. The number of hydrogen-bond acceptors (Lipinski definition) is 5. The van der Waals surface area contributed by atoms with Crippen LogP contribution in [0.2, 0.25) is 0 Å². The SMILES string of the molecule is NCc1nc(C(=O)Cc2cccs2)cs1. The first kappa shape index (κ1) is 10.5. The molecule has 0 aromatic carbocycles. The molecule has 3 nitrogen and oxygen atoms in total. The molecule has 0 saturated carbocycles. The Morgan fingerprint density at radius 3 is 2.93 bits per heavy atom. The Morgan fingerprint density at radius 2 is 2.33 bits per heavy atom. The van der Waals surface area contributed by atoms with Crippen molar-refractivity contribution >= 4 is 28.5 Å². The van der Waals surface area contributed by atoms with Crippen LogP contribution in [-0.4, -0.2) is 10.8 Å². The summed E-state index contributed by atoms with van der Waals surface area (Å²) in [5.74, 6) is 0.0633. The van der Waals surface area contributed by atoms with Gasteiger partial charge in [0.1, 0.15) is 10.7 Å². The number of aromatic nitrogens is 1. The molecule has 0 radical (unpaired) electrons. The van der Waals surface area contributed by atoms with E-state index in [2.05, 4.69) is 4.98 Å². The van der Waals surface area contributed by atoms with Gasteiger partial charge in [0.25, 0.3) is 0 Å². The molecule has 0 aliphatic rings. The third-order valence-electron chi connectivity index (χ3n) is 1.93. The number of nitrogens with zero attached hydrogens (tertiary/aromatic N) is 1. The highest BCUT2D eigenvalue weighted by Crippen LogP contribution is 2.14. The van der Waals surface area contributed by atoms with Crippen LogP contribution < -0.4 is 5.73 Å². The molecule has 78 valence electrons. The summed E-state index contributed by atoms with van der Waals surface area (Å²) >= 11 is 3.03. The lowest BCUT2D eigenvalue weighted by molar-refractivity contribution is 0.0989. The lowest BCUT2D eigenvalue weighted by Gasteiger charge is -1.93. The fourth-order valence-corrected chi connectivity index (χ4v) is 2.58. The Morgan fingerprint density at radius 1 is 1.47 bits per heavy atom. The minimum atomic E-state index is 0.0633. The zero-order valence-corrected chi connectivity index (χ0v) is 9.61. The summed E-state index contributed by atoms with van der Waals surface area (Å²) in [6.45, 7) is 0.400. The second-order valence-corrected chi connectivity index (χ2v) is 4.98. The van der Waals surface area contributed by atoms with Crippen LogP contribution in [0.25, 0.3) is 0 Å². The molecule has 0 unspecified atom stereocenters. The monoisotopic (exact) mass is 238 g/mol. The van der Waals surface area contributed by atoms with Gasteiger partial charge in [-0.25, -0.2) is 4.98 Å². The number of thiophene rings is 1. The normalized spacial score (nSPS) is 10.5. The van der Waals surface area contributed by atoms with E-state index in [1.54, 1.807) is 16.7 Å². The minimum Gasteiger partial charge on any atom is -0.325 e. The molecular weight excluding hydrogens is 228 g/mol. The van der Waals surface area contributed by atoms with Crippen molar-refractivity contribution in [2.45, 2.75) is 13.0 Å². The van der Waals surface area contributed by atoms with E-state index >= 15 is 0 Å². The van der Waals surface area contributed by atoms with E-state index in [0.29, 0.717) is 18.7 Å². The van der Waals surface area contributed by atoms with Gasteiger partial charge in [0.2, 0.25) is 0 Å². The molecule has 0 amide bonds. The fourth-order valence-electron chi connectivity index (χ4n) is 1.19. The maximum absolute atomic E-state index is 11.8. The van der Waals surface area contributed by atoms with Crippen molar-refractivity contribution < 1.29 is 4.79 Å². The summed E-state index contributed by atoms with van der Waals surface area (Å²) in [6.07, 6.45) is 0.436. The van der Waals surface area contributed by atoms with Crippen molar-refractivity contribution in [3.63, 3.8) is 0 Å². The van der Waals surface area contributed by atoms with Gasteiger partial charge in [0.15, 0.2) is 5.78 Å². The van der Waals surface area contributed by atoms with Crippen LogP contribution in [0.3, 0.4) is 0 Å². The van der Waals surface area contributed by atoms with E-state index in [-0.39, 0.29) is 5.78 Å². The number of rotatable bonds is 4. The average Bonchev–Trinajstić information content (AvgIpc) is 2.86. The van der Waals surface area contributed by atoms with Crippen LogP contribution in [-0.2, 0) is 13.0 Å². The molecule has 0 atom stereocenters. The summed E-state index contributed by atoms with van der Waals surface area (Å²) in [5.41, 5.74) is 5.97. The van der Waals surface area contributed by atoms with Gasteiger partial charge in [-0.2, -0.15) is 0 Å². The Hall–Kier alpha value is -1.04. The van der Waals surface area contributed by atoms with E-state index in [1.165, 1.54) is 11.3 Å². The molecule has 2 N–H and O–H groups in total. The molecule has 0 aliphatic heterocycles. The molecule has 2 rings (SSSR count). The first-order valence-electron chi connectivity index (χ1n) is 4.49. The highest BCUT2D eigenvalue weighted by atomic mass is 32.1. The van der Waals surface area contributed by atoms with Crippen LogP contribution in [0.5, 0.6) is 0 Å². The quantitative estimate of drug-likeness (QED) is 0.830. The van der Waals surface area contributed by atoms with Gasteiger partial charge in [0, 0.05) is 23.2 Å². The Balaban J connectivity index is 2.08. The third-order valence-corrected chi connectivity index (χ3v) is 3.67. The molecule has 0 spiro atoms. The average molecular weight is 238 g/mol. The van der Waals surface area contributed by atoms with E-state index < -0.39 is 0 Å². The summed E-state index contributed by atoms with van der Waals surface area (Å²) in [4.78, 5) is 17.0. The molecule has 2 aromatic rings. The number of thiazole rings is 1. The zero-order chi connectivity index (χ0) is 10.7. The molecule has 0 bridgehead atoms. The maximum Gasteiger partial charge on any atom is 0.187 e. The van der Waals surface area contributed by atoms with E-state index in [0.717, 1.165) is 9.88 Å². The lowest BCUT2D eigenvalue weighted by Crippen LogP contribution is -2.04. The second-order valence-electron chi connectivity index (χ2n) is 3.01. The number of nitrogens with two attached hydrogens (primary N) is 1. The number of hydrogen-bond donors (Lipinski definition) is 1.